The van der Waals surface area contributed by atoms with Gasteiger partial charge in [0.05, 0.1) is 11.4 Å². The van der Waals surface area contributed by atoms with Crippen molar-refractivity contribution in [1.29, 1.82) is 0 Å². The summed E-state index contributed by atoms with van der Waals surface area (Å²) in [6, 6.07) is 8.93. The van der Waals surface area contributed by atoms with Crippen LogP contribution >= 0.6 is 27.5 Å². The molecule has 3 nitrogen and oxygen atoms in total. The lowest BCUT2D eigenvalue weighted by Crippen LogP contribution is -2.14. The molecule has 1 amide bonds. The molecule has 5 heteroatoms. The Morgan fingerprint density at radius 2 is 2.22 bits per heavy atom. The SMILES string of the molecule is O=C(Cc1cccnc1)Nc1ccc(Cl)c(Br)c1. The van der Waals surface area contributed by atoms with E-state index in [0.29, 0.717) is 17.1 Å². The first-order valence-electron chi connectivity index (χ1n) is 5.29. The summed E-state index contributed by atoms with van der Waals surface area (Å²) in [5.41, 5.74) is 1.59. The van der Waals surface area contributed by atoms with E-state index in [-0.39, 0.29) is 5.91 Å². The van der Waals surface area contributed by atoms with Gasteiger partial charge in [-0.25, -0.2) is 0 Å². The predicted molar refractivity (Wildman–Crippen MR) is 75.7 cm³/mol. The number of aromatic nitrogens is 1. The fraction of sp³-hybridized carbons (Fsp3) is 0.0769. The first kappa shape index (κ1) is 13.1. The maximum absolute atomic E-state index is 11.8. The van der Waals surface area contributed by atoms with Crippen molar-refractivity contribution < 1.29 is 4.79 Å². The smallest absolute Gasteiger partial charge is 0.228 e. The van der Waals surface area contributed by atoms with Gasteiger partial charge in [0.2, 0.25) is 5.91 Å². The van der Waals surface area contributed by atoms with Crippen molar-refractivity contribution in [2.45, 2.75) is 6.42 Å². The van der Waals surface area contributed by atoms with Gasteiger partial charge in [0, 0.05) is 22.6 Å². The molecule has 0 radical (unpaired) electrons. The zero-order chi connectivity index (χ0) is 13.0. The molecular weight excluding hydrogens is 316 g/mol. The Morgan fingerprint density at radius 3 is 2.89 bits per heavy atom. The number of carbonyl (C=O) groups is 1. The molecule has 1 aromatic carbocycles. The molecule has 0 aliphatic heterocycles. The number of hydrogen-bond donors (Lipinski definition) is 1. The van der Waals surface area contributed by atoms with E-state index in [2.05, 4.69) is 26.2 Å². The van der Waals surface area contributed by atoms with Crippen molar-refractivity contribution in [2.24, 2.45) is 0 Å². The minimum Gasteiger partial charge on any atom is -0.326 e. The van der Waals surface area contributed by atoms with Crippen LogP contribution in [0.1, 0.15) is 5.56 Å². The van der Waals surface area contributed by atoms with Crippen molar-refractivity contribution in [2.75, 3.05) is 5.32 Å². The number of hydrogen-bond acceptors (Lipinski definition) is 2. The summed E-state index contributed by atoms with van der Waals surface area (Å²) in [5.74, 6) is -0.0859. The minimum atomic E-state index is -0.0859. The summed E-state index contributed by atoms with van der Waals surface area (Å²) in [5, 5.41) is 3.41. The number of carbonyl (C=O) groups excluding carboxylic acids is 1. The molecule has 92 valence electrons. The Kier molecular flexibility index (Phi) is 4.33. The Labute approximate surface area is 118 Å². The van der Waals surface area contributed by atoms with E-state index < -0.39 is 0 Å². The number of halogens is 2. The van der Waals surface area contributed by atoms with Crippen LogP contribution in [0, 0.1) is 0 Å². The summed E-state index contributed by atoms with van der Waals surface area (Å²) < 4.78 is 0.753. The third-order valence-electron chi connectivity index (χ3n) is 2.29. The highest BCUT2D eigenvalue weighted by Crippen LogP contribution is 2.25. The molecule has 0 bridgehead atoms. The van der Waals surface area contributed by atoms with Gasteiger partial charge in [-0.2, -0.15) is 0 Å². The Morgan fingerprint density at radius 1 is 1.39 bits per heavy atom. The first-order chi connectivity index (χ1) is 8.65. The van der Waals surface area contributed by atoms with Crippen LogP contribution in [0.25, 0.3) is 0 Å². The molecule has 0 saturated heterocycles. The molecule has 0 spiro atoms. The number of amides is 1. The highest BCUT2D eigenvalue weighted by Gasteiger charge is 2.05. The predicted octanol–water partition coefficient (Wildman–Crippen LogP) is 3.68. The molecule has 2 rings (SSSR count). The normalized spacial score (nSPS) is 10.1. The molecule has 0 unspecified atom stereocenters. The molecule has 0 atom stereocenters. The number of anilines is 1. The lowest BCUT2D eigenvalue weighted by Gasteiger charge is -2.06. The molecule has 2 aromatic rings. The van der Waals surface area contributed by atoms with Crippen molar-refractivity contribution in [3.8, 4) is 0 Å². The number of nitrogens with one attached hydrogen (secondary N) is 1. The van der Waals surface area contributed by atoms with Crippen LogP contribution in [0.15, 0.2) is 47.2 Å². The summed E-state index contributed by atoms with van der Waals surface area (Å²) in [6.45, 7) is 0. The lowest BCUT2D eigenvalue weighted by atomic mass is 10.2. The lowest BCUT2D eigenvalue weighted by molar-refractivity contribution is -0.115. The number of nitrogens with zero attached hydrogens (tertiary/aromatic N) is 1. The van der Waals surface area contributed by atoms with Crippen molar-refractivity contribution in [3.05, 3.63) is 57.8 Å². The molecule has 0 saturated carbocycles. The largest absolute Gasteiger partial charge is 0.326 e. The van der Waals surface area contributed by atoms with E-state index in [1.165, 1.54) is 0 Å². The van der Waals surface area contributed by atoms with Gasteiger partial charge in [0.25, 0.3) is 0 Å². The fourth-order valence-electron chi connectivity index (χ4n) is 1.47. The van der Waals surface area contributed by atoms with Gasteiger partial charge in [0.15, 0.2) is 0 Å². The Bertz CT molecular complexity index is 560. The van der Waals surface area contributed by atoms with Crippen molar-refractivity contribution in [1.82, 2.24) is 4.98 Å². The third kappa shape index (κ3) is 3.55. The third-order valence-corrected chi connectivity index (χ3v) is 3.50. The van der Waals surface area contributed by atoms with Gasteiger partial charge in [0.1, 0.15) is 0 Å². The van der Waals surface area contributed by atoms with E-state index in [0.717, 1.165) is 10.0 Å². The van der Waals surface area contributed by atoms with Crippen LogP contribution in [0.5, 0.6) is 0 Å². The molecule has 18 heavy (non-hydrogen) atoms. The highest BCUT2D eigenvalue weighted by molar-refractivity contribution is 9.10. The van der Waals surface area contributed by atoms with Crippen molar-refractivity contribution >= 4 is 39.1 Å². The number of benzene rings is 1. The molecule has 1 N–H and O–H groups in total. The van der Waals surface area contributed by atoms with Gasteiger partial charge in [-0.15, -0.1) is 0 Å². The maximum atomic E-state index is 11.8. The summed E-state index contributed by atoms with van der Waals surface area (Å²) >= 11 is 9.19. The monoisotopic (exact) mass is 324 g/mol. The van der Waals surface area contributed by atoms with E-state index in [1.54, 1.807) is 30.6 Å². The van der Waals surface area contributed by atoms with E-state index >= 15 is 0 Å². The molecule has 0 fully saturated rings. The maximum Gasteiger partial charge on any atom is 0.228 e. The number of pyridine rings is 1. The average molecular weight is 326 g/mol. The van der Waals surface area contributed by atoms with Gasteiger partial charge in [-0.1, -0.05) is 17.7 Å². The fourth-order valence-corrected chi connectivity index (χ4v) is 1.96. The van der Waals surface area contributed by atoms with Gasteiger partial charge in [-0.3, -0.25) is 9.78 Å². The van der Waals surface area contributed by atoms with Crippen LogP contribution < -0.4 is 5.32 Å². The molecular formula is C13H10BrClN2O. The quantitative estimate of drug-likeness (QED) is 0.935. The van der Waals surface area contributed by atoms with E-state index in [9.17, 15) is 4.79 Å². The number of rotatable bonds is 3. The van der Waals surface area contributed by atoms with Gasteiger partial charge in [-0.05, 0) is 45.8 Å². The summed E-state index contributed by atoms with van der Waals surface area (Å²) in [4.78, 5) is 15.8. The zero-order valence-corrected chi connectivity index (χ0v) is 11.7. The Hall–Kier alpha value is -1.39. The summed E-state index contributed by atoms with van der Waals surface area (Å²) in [6.07, 6.45) is 3.66. The molecule has 1 aromatic heterocycles. The van der Waals surface area contributed by atoms with Crippen LogP contribution in [0.2, 0.25) is 5.02 Å². The topological polar surface area (TPSA) is 42.0 Å². The Balaban J connectivity index is 2.01. The second kappa shape index (κ2) is 5.98. The van der Waals surface area contributed by atoms with Crippen LogP contribution in [-0.2, 0) is 11.2 Å². The van der Waals surface area contributed by atoms with Crippen molar-refractivity contribution in [3.63, 3.8) is 0 Å². The standard InChI is InChI=1S/C13H10BrClN2O/c14-11-7-10(3-4-12(11)15)17-13(18)6-9-2-1-5-16-8-9/h1-5,7-8H,6H2,(H,17,18). The second-order valence-corrected chi connectivity index (χ2v) is 4.98. The van der Waals surface area contributed by atoms with E-state index in [1.807, 2.05) is 12.1 Å². The van der Waals surface area contributed by atoms with Gasteiger partial charge < -0.3 is 5.32 Å². The molecule has 0 aliphatic carbocycles. The van der Waals surface area contributed by atoms with Crippen LogP contribution in [0.3, 0.4) is 0 Å². The molecule has 1 heterocycles. The van der Waals surface area contributed by atoms with Crippen LogP contribution in [0.4, 0.5) is 5.69 Å². The molecule has 0 aliphatic rings. The average Bonchev–Trinajstić information content (AvgIpc) is 2.35. The van der Waals surface area contributed by atoms with Crippen LogP contribution in [-0.4, -0.2) is 10.9 Å². The zero-order valence-electron chi connectivity index (χ0n) is 9.36. The minimum absolute atomic E-state index is 0.0859. The van der Waals surface area contributed by atoms with Gasteiger partial charge >= 0.3 is 0 Å². The second-order valence-electron chi connectivity index (χ2n) is 3.72. The van der Waals surface area contributed by atoms with E-state index in [4.69, 9.17) is 11.6 Å². The highest BCUT2D eigenvalue weighted by atomic mass is 79.9. The first-order valence-corrected chi connectivity index (χ1v) is 6.46. The summed E-state index contributed by atoms with van der Waals surface area (Å²) in [7, 11) is 0.